The van der Waals surface area contributed by atoms with Crippen LogP contribution in [0.4, 0.5) is 5.95 Å². The van der Waals surface area contributed by atoms with Crippen molar-refractivity contribution in [2.75, 3.05) is 38.5 Å². The summed E-state index contributed by atoms with van der Waals surface area (Å²) in [6.45, 7) is 3.76. The Bertz CT molecular complexity index is 1170. The largest absolute Gasteiger partial charge is 0.508 e. The molecule has 10 heteroatoms. The molecule has 5 rings (SSSR count). The number of hydrogen-bond donors (Lipinski definition) is 2. The Hall–Kier alpha value is -3.08. The number of hydrogen-bond acceptors (Lipinski definition) is 9. The third-order valence-corrected chi connectivity index (χ3v) is 5.90. The van der Waals surface area contributed by atoms with Crippen molar-refractivity contribution < 1.29 is 9.52 Å². The van der Waals surface area contributed by atoms with Crippen LogP contribution in [-0.2, 0) is 0 Å². The van der Waals surface area contributed by atoms with Crippen molar-refractivity contribution in [2.45, 2.75) is 0 Å². The lowest BCUT2D eigenvalue weighted by Gasteiger charge is -2.14. The molecule has 3 aromatic heterocycles. The summed E-state index contributed by atoms with van der Waals surface area (Å²) in [5, 5.41) is 13.2. The Morgan fingerprint density at radius 1 is 1.23 bits per heavy atom. The van der Waals surface area contributed by atoms with Crippen molar-refractivity contribution in [1.29, 1.82) is 0 Å². The van der Waals surface area contributed by atoms with Crippen LogP contribution in [-0.4, -0.2) is 66.3 Å². The molecule has 4 aromatic rings. The van der Waals surface area contributed by atoms with Gasteiger partial charge in [-0.2, -0.15) is 4.98 Å². The summed E-state index contributed by atoms with van der Waals surface area (Å²) >= 11 is 1.75. The van der Waals surface area contributed by atoms with E-state index in [1.807, 2.05) is 16.5 Å². The van der Waals surface area contributed by atoms with Gasteiger partial charge in [-0.25, -0.2) is 18.6 Å². The molecule has 1 aliphatic heterocycles. The Labute approximate surface area is 177 Å². The van der Waals surface area contributed by atoms with Gasteiger partial charge in [-0.3, -0.25) is 4.40 Å². The monoisotopic (exact) mass is 423 g/mol. The van der Waals surface area contributed by atoms with Crippen molar-refractivity contribution in [3.8, 4) is 28.4 Å². The molecular weight excluding hydrogens is 402 g/mol. The highest BCUT2D eigenvalue weighted by molar-refractivity contribution is 7.94. The molecule has 0 spiro atoms. The molecule has 0 saturated carbocycles. The smallest absolute Gasteiger partial charge is 0.306 e. The van der Waals surface area contributed by atoms with Crippen molar-refractivity contribution in [1.82, 2.24) is 28.0 Å². The second-order valence-corrected chi connectivity index (χ2v) is 8.27. The highest BCUT2D eigenvalue weighted by Crippen LogP contribution is 2.33. The van der Waals surface area contributed by atoms with Crippen molar-refractivity contribution in [3.63, 3.8) is 0 Å². The number of oxazole rings is 1. The van der Waals surface area contributed by atoms with E-state index in [0.717, 1.165) is 43.1 Å². The molecule has 9 nitrogen and oxygen atoms in total. The van der Waals surface area contributed by atoms with Crippen molar-refractivity contribution in [2.24, 2.45) is 0 Å². The zero-order valence-electron chi connectivity index (χ0n) is 16.4. The van der Waals surface area contributed by atoms with E-state index in [1.165, 1.54) is 0 Å². The predicted molar refractivity (Wildman–Crippen MR) is 116 cm³/mol. The van der Waals surface area contributed by atoms with E-state index >= 15 is 0 Å². The number of aromatic hydroxyl groups is 1. The maximum absolute atomic E-state index is 9.91. The van der Waals surface area contributed by atoms with E-state index in [4.69, 9.17) is 9.40 Å². The van der Waals surface area contributed by atoms with E-state index < -0.39 is 0 Å². The summed E-state index contributed by atoms with van der Waals surface area (Å²) in [5.41, 5.74) is 2.97. The van der Waals surface area contributed by atoms with Crippen LogP contribution in [0.2, 0.25) is 0 Å². The minimum atomic E-state index is 0.179. The van der Waals surface area contributed by atoms with Gasteiger partial charge in [0.25, 0.3) is 0 Å². The lowest BCUT2D eigenvalue weighted by molar-refractivity contribution is 0.475. The van der Waals surface area contributed by atoms with E-state index in [-0.39, 0.29) is 5.75 Å². The van der Waals surface area contributed by atoms with Gasteiger partial charge in [-0.15, -0.1) is 0 Å². The third-order valence-electron chi connectivity index (χ3n) is 4.84. The van der Waals surface area contributed by atoms with Crippen LogP contribution in [0.15, 0.2) is 53.4 Å². The number of imidazole rings is 1. The number of fused-ring (bicyclic) bond motifs is 1. The van der Waals surface area contributed by atoms with Crippen LogP contribution in [0, 0.1) is 0 Å². The molecule has 30 heavy (non-hydrogen) atoms. The van der Waals surface area contributed by atoms with Gasteiger partial charge in [0, 0.05) is 56.3 Å². The first-order valence-corrected chi connectivity index (χ1v) is 10.4. The van der Waals surface area contributed by atoms with Crippen LogP contribution in [0.3, 0.4) is 0 Å². The zero-order chi connectivity index (χ0) is 20.5. The zero-order valence-corrected chi connectivity index (χ0v) is 17.2. The Kier molecular flexibility index (Phi) is 5.03. The third kappa shape index (κ3) is 3.72. The van der Waals surface area contributed by atoms with E-state index in [1.54, 1.807) is 49.0 Å². The number of benzene rings is 1. The molecule has 1 fully saturated rings. The summed E-state index contributed by atoms with van der Waals surface area (Å²) in [6, 6.07) is 8.84. The first kappa shape index (κ1) is 18.9. The number of phenolic OH excluding ortho intramolecular Hbond substituents is 1. The van der Waals surface area contributed by atoms with Crippen LogP contribution in [0.1, 0.15) is 0 Å². The van der Waals surface area contributed by atoms with Crippen molar-refractivity contribution >= 4 is 23.9 Å². The van der Waals surface area contributed by atoms with Crippen LogP contribution >= 0.6 is 12.1 Å². The normalized spacial score (nSPS) is 15.2. The number of nitrogens with one attached hydrogen (secondary N) is 1. The molecule has 0 amide bonds. The topological polar surface area (TPSA) is 95.0 Å². The molecular formula is C20H21N7O2S. The van der Waals surface area contributed by atoms with E-state index in [9.17, 15) is 5.11 Å². The molecule has 154 valence electrons. The van der Waals surface area contributed by atoms with E-state index in [2.05, 4.69) is 30.9 Å². The fraction of sp³-hybridized carbons (Fsp3) is 0.250. The van der Waals surface area contributed by atoms with Gasteiger partial charge in [-0.1, -0.05) is 12.1 Å². The van der Waals surface area contributed by atoms with Crippen LogP contribution < -0.4 is 5.32 Å². The predicted octanol–water partition coefficient (Wildman–Crippen LogP) is 2.98. The SMILES string of the molecule is CN1CCN(CCNc2nccc(-c3c(-c4cccc(O)c4)nc4occn34)n2)S1. The molecule has 0 radical (unpaired) electrons. The van der Waals surface area contributed by atoms with Crippen LogP contribution in [0.5, 0.6) is 5.75 Å². The average molecular weight is 424 g/mol. The van der Waals surface area contributed by atoms with Crippen LogP contribution in [0.25, 0.3) is 28.5 Å². The summed E-state index contributed by atoms with van der Waals surface area (Å²) < 4.78 is 11.9. The number of aromatic nitrogens is 4. The second kappa shape index (κ2) is 7.98. The minimum Gasteiger partial charge on any atom is -0.508 e. The summed E-state index contributed by atoms with van der Waals surface area (Å²) in [7, 11) is 2.09. The second-order valence-electron chi connectivity index (χ2n) is 6.97. The number of phenols is 1. The first-order valence-electron chi connectivity index (χ1n) is 9.64. The molecule has 1 aliphatic rings. The van der Waals surface area contributed by atoms with E-state index in [0.29, 0.717) is 17.5 Å². The van der Waals surface area contributed by atoms with Gasteiger partial charge >= 0.3 is 5.84 Å². The minimum absolute atomic E-state index is 0.179. The summed E-state index contributed by atoms with van der Waals surface area (Å²) in [6.07, 6.45) is 5.12. The molecule has 4 heterocycles. The molecule has 1 saturated heterocycles. The molecule has 0 aliphatic carbocycles. The maximum atomic E-state index is 9.91. The first-order chi connectivity index (χ1) is 14.7. The Morgan fingerprint density at radius 2 is 2.17 bits per heavy atom. The quantitative estimate of drug-likeness (QED) is 0.454. The molecule has 0 bridgehead atoms. The average Bonchev–Trinajstić information content (AvgIpc) is 3.44. The number of nitrogens with zero attached hydrogens (tertiary/aromatic N) is 6. The lowest BCUT2D eigenvalue weighted by atomic mass is 10.1. The van der Waals surface area contributed by atoms with Gasteiger partial charge in [0.15, 0.2) is 0 Å². The van der Waals surface area contributed by atoms with Gasteiger partial charge in [0.05, 0.1) is 5.69 Å². The molecule has 0 atom stereocenters. The standard InChI is InChI=1S/C20H21N7O2S/c1-25-9-10-26(30-25)8-7-22-19-21-6-5-16(23-19)18-17(14-3-2-4-15(28)13-14)24-20-27(18)11-12-29-20/h2-6,11-13,28H,7-10H2,1H3,(H,21,22,23). The Balaban J connectivity index is 1.43. The molecule has 0 unspecified atom stereocenters. The number of likely N-dealkylation sites (N-methyl/N-ethyl adjacent to an activating group) is 1. The fourth-order valence-corrected chi connectivity index (χ4v) is 4.33. The lowest BCUT2D eigenvalue weighted by Crippen LogP contribution is -2.22. The maximum Gasteiger partial charge on any atom is 0.306 e. The highest BCUT2D eigenvalue weighted by Gasteiger charge is 2.20. The molecule has 1 aromatic carbocycles. The molecule has 2 N–H and O–H groups in total. The number of anilines is 1. The van der Waals surface area contributed by atoms with Gasteiger partial charge in [0.1, 0.15) is 23.4 Å². The summed E-state index contributed by atoms with van der Waals surface area (Å²) in [5.74, 6) is 1.20. The summed E-state index contributed by atoms with van der Waals surface area (Å²) in [4.78, 5) is 13.7. The Morgan fingerprint density at radius 3 is 3.00 bits per heavy atom. The number of rotatable bonds is 6. The van der Waals surface area contributed by atoms with Gasteiger partial charge in [0.2, 0.25) is 5.95 Å². The van der Waals surface area contributed by atoms with Crippen molar-refractivity contribution in [3.05, 3.63) is 49.0 Å². The van der Waals surface area contributed by atoms with Gasteiger partial charge < -0.3 is 14.8 Å². The van der Waals surface area contributed by atoms with Gasteiger partial charge in [-0.05, 0) is 25.2 Å². The highest BCUT2D eigenvalue weighted by atomic mass is 32.2. The fourth-order valence-electron chi connectivity index (χ4n) is 3.44.